The predicted molar refractivity (Wildman–Crippen MR) is 61.6 cm³/mol. The Balaban J connectivity index is 2.73. The topological polar surface area (TPSA) is 35.5 Å². The number of para-hydroxylation sites is 1. The van der Waals surface area contributed by atoms with Crippen LogP contribution < -0.4 is 4.52 Å². The fourth-order valence-electron chi connectivity index (χ4n) is 1.04. The fraction of sp³-hybridized carbons (Fsp3) is 0.400. The summed E-state index contributed by atoms with van der Waals surface area (Å²) in [6, 6.07) is 8.86. The van der Waals surface area contributed by atoms with Crippen LogP contribution in [0.25, 0.3) is 0 Å². The Labute approximate surface area is 94.9 Å². The summed E-state index contributed by atoms with van der Waals surface area (Å²) in [4.78, 5) is 0. The maximum absolute atomic E-state index is 12.0. The van der Waals surface area contributed by atoms with E-state index in [0.29, 0.717) is 5.75 Å². The molecule has 0 aliphatic rings. The maximum Gasteiger partial charge on any atom is 0.394 e. The average molecular weight is 249 g/mol. The van der Waals surface area contributed by atoms with E-state index in [-0.39, 0.29) is 11.7 Å². The molecule has 0 saturated heterocycles. The molecule has 1 rings (SSSR count). The number of benzene rings is 1. The molecule has 1 aromatic carbocycles. The minimum Gasteiger partial charge on any atom is -0.424 e. The van der Waals surface area contributed by atoms with Crippen LogP contribution in [0.1, 0.15) is 13.8 Å². The molecule has 0 aliphatic heterocycles. The molecule has 5 heteroatoms. The van der Waals surface area contributed by atoms with Crippen LogP contribution >= 0.6 is 19.2 Å². The smallest absolute Gasteiger partial charge is 0.394 e. The summed E-state index contributed by atoms with van der Waals surface area (Å²) in [7, 11) is -3.21. The summed E-state index contributed by atoms with van der Waals surface area (Å²) >= 11 is 5.59. The van der Waals surface area contributed by atoms with E-state index < -0.39 is 7.60 Å². The standard InChI is InChI=1S/C10H14ClO3P/c1-9(2)13-15(12,8-11)14-10-6-4-3-5-7-10/h3-7,9H,8H2,1-2H3. The minimum atomic E-state index is -3.21. The van der Waals surface area contributed by atoms with Crippen LogP contribution in [0.4, 0.5) is 0 Å². The van der Waals surface area contributed by atoms with Gasteiger partial charge >= 0.3 is 7.60 Å². The number of hydrogen-bond donors (Lipinski definition) is 0. The second-order valence-electron chi connectivity index (χ2n) is 3.29. The molecule has 0 heterocycles. The lowest BCUT2D eigenvalue weighted by Gasteiger charge is -2.19. The number of hydrogen-bond acceptors (Lipinski definition) is 3. The van der Waals surface area contributed by atoms with Crippen LogP contribution in [0.2, 0.25) is 0 Å². The van der Waals surface area contributed by atoms with Gasteiger partial charge in [-0.15, -0.1) is 11.6 Å². The lowest BCUT2D eigenvalue weighted by Crippen LogP contribution is -2.05. The number of alkyl halides is 1. The van der Waals surface area contributed by atoms with Gasteiger partial charge in [0.05, 0.1) is 6.10 Å². The van der Waals surface area contributed by atoms with Crippen LogP contribution in [-0.2, 0) is 9.09 Å². The normalized spacial score (nSPS) is 14.9. The summed E-state index contributed by atoms with van der Waals surface area (Å²) < 4.78 is 22.4. The summed E-state index contributed by atoms with van der Waals surface area (Å²) in [5, 5.41) is 0. The third-order valence-electron chi connectivity index (χ3n) is 1.51. The molecule has 0 amide bonds. The molecular formula is C10H14ClO3P. The van der Waals surface area contributed by atoms with E-state index in [1.54, 1.807) is 38.1 Å². The average Bonchev–Trinajstić information content (AvgIpc) is 2.18. The third kappa shape index (κ3) is 4.25. The zero-order valence-corrected chi connectivity index (χ0v) is 10.4. The molecule has 0 aromatic heterocycles. The van der Waals surface area contributed by atoms with Crippen molar-refractivity contribution in [2.75, 3.05) is 5.62 Å². The van der Waals surface area contributed by atoms with Crippen LogP contribution in [0.5, 0.6) is 5.75 Å². The van der Waals surface area contributed by atoms with Gasteiger partial charge in [0.2, 0.25) is 0 Å². The molecule has 0 saturated carbocycles. The van der Waals surface area contributed by atoms with E-state index in [1.165, 1.54) is 0 Å². The van der Waals surface area contributed by atoms with Gasteiger partial charge in [-0.05, 0) is 26.0 Å². The van der Waals surface area contributed by atoms with Gasteiger partial charge in [0.1, 0.15) is 11.4 Å². The first-order valence-electron chi connectivity index (χ1n) is 4.64. The van der Waals surface area contributed by atoms with Crippen molar-refractivity contribution in [2.45, 2.75) is 20.0 Å². The van der Waals surface area contributed by atoms with Gasteiger partial charge in [-0.1, -0.05) is 18.2 Å². The monoisotopic (exact) mass is 248 g/mol. The van der Waals surface area contributed by atoms with Gasteiger partial charge in [-0.25, -0.2) is 4.57 Å². The summed E-state index contributed by atoms with van der Waals surface area (Å²) in [6.45, 7) is 3.57. The minimum absolute atomic E-state index is 0.153. The summed E-state index contributed by atoms with van der Waals surface area (Å²) in [6.07, 6.45) is -0.182. The molecule has 0 fully saturated rings. The van der Waals surface area contributed by atoms with Crippen molar-refractivity contribution in [3.8, 4) is 5.75 Å². The highest BCUT2D eigenvalue weighted by Gasteiger charge is 2.26. The second kappa shape index (κ2) is 5.55. The maximum atomic E-state index is 12.0. The van der Waals surface area contributed by atoms with Gasteiger partial charge in [0.15, 0.2) is 0 Å². The molecule has 1 atom stereocenters. The van der Waals surface area contributed by atoms with Gasteiger partial charge in [0.25, 0.3) is 0 Å². The van der Waals surface area contributed by atoms with Crippen LogP contribution in [-0.4, -0.2) is 11.7 Å². The molecule has 15 heavy (non-hydrogen) atoms. The number of rotatable bonds is 5. The Morgan fingerprint density at radius 2 is 1.93 bits per heavy atom. The SMILES string of the molecule is CC(C)OP(=O)(CCl)Oc1ccccc1. The molecule has 0 radical (unpaired) electrons. The van der Waals surface area contributed by atoms with E-state index in [9.17, 15) is 4.57 Å². The number of halogens is 1. The predicted octanol–water partition coefficient (Wildman–Crippen LogP) is 3.88. The molecule has 0 N–H and O–H groups in total. The first kappa shape index (κ1) is 12.6. The fourth-order valence-corrected chi connectivity index (χ4v) is 2.59. The van der Waals surface area contributed by atoms with Crippen molar-refractivity contribution in [2.24, 2.45) is 0 Å². The Morgan fingerprint density at radius 3 is 2.40 bits per heavy atom. The third-order valence-corrected chi connectivity index (χ3v) is 3.91. The molecule has 1 unspecified atom stereocenters. The van der Waals surface area contributed by atoms with Crippen molar-refractivity contribution in [1.29, 1.82) is 0 Å². The first-order chi connectivity index (χ1) is 7.06. The molecule has 0 aliphatic carbocycles. The zero-order chi connectivity index (χ0) is 11.3. The Morgan fingerprint density at radius 1 is 1.33 bits per heavy atom. The summed E-state index contributed by atoms with van der Waals surface area (Å²) in [5.41, 5.74) is -0.153. The van der Waals surface area contributed by atoms with E-state index in [0.717, 1.165) is 0 Å². The van der Waals surface area contributed by atoms with Crippen LogP contribution in [0, 0.1) is 0 Å². The molecule has 84 valence electrons. The molecular weight excluding hydrogens is 235 g/mol. The lowest BCUT2D eigenvalue weighted by molar-refractivity contribution is 0.211. The van der Waals surface area contributed by atoms with E-state index >= 15 is 0 Å². The van der Waals surface area contributed by atoms with Crippen molar-refractivity contribution < 1.29 is 13.6 Å². The quantitative estimate of drug-likeness (QED) is 0.586. The van der Waals surface area contributed by atoms with Crippen LogP contribution in [0.15, 0.2) is 30.3 Å². The van der Waals surface area contributed by atoms with Crippen LogP contribution in [0.3, 0.4) is 0 Å². The zero-order valence-electron chi connectivity index (χ0n) is 8.72. The van der Waals surface area contributed by atoms with Gasteiger partial charge < -0.3 is 4.52 Å². The second-order valence-corrected chi connectivity index (χ2v) is 5.86. The first-order valence-corrected chi connectivity index (χ1v) is 6.90. The lowest BCUT2D eigenvalue weighted by atomic mass is 10.3. The highest BCUT2D eigenvalue weighted by molar-refractivity contribution is 7.56. The van der Waals surface area contributed by atoms with Crippen molar-refractivity contribution in [3.63, 3.8) is 0 Å². The van der Waals surface area contributed by atoms with Gasteiger partial charge in [0, 0.05) is 0 Å². The molecule has 0 bridgehead atoms. The summed E-state index contributed by atoms with van der Waals surface area (Å²) in [5.74, 6) is 0.502. The Bertz CT molecular complexity index is 340. The van der Waals surface area contributed by atoms with Crippen molar-refractivity contribution in [1.82, 2.24) is 0 Å². The van der Waals surface area contributed by atoms with E-state index in [2.05, 4.69) is 0 Å². The van der Waals surface area contributed by atoms with Crippen molar-refractivity contribution >= 4 is 19.2 Å². The highest BCUT2D eigenvalue weighted by Crippen LogP contribution is 2.50. The molecule has 0 spiro atoms. The highest BCUT2D eigenvalue weighted by atomic mass is 35.5. The molecule has 3 nitrogen and oxygen atoms in total. The molecule has 1 aromatic rings. The van der Waals surface area contributed by atoms with Gasteiger partial charge in [-0.2, -0.15) is 0 Å². The van der Waals surface area contributed by atoms with Gasteiger partial charge in [-0.3, -0.25) is 4.52 Å². The van der Waals surface area contributed by atoms with E-state index in [1.807, 2.05) is 6.07 Å². The largest absolute Gasteiger partial charge is 0.424 e. The van der Waals surface area contributed by atoms with E-state index in [4.69, 9.17) is 20.6 Å². The van der Waals surface area contributed by atoms with Crippen molar-refractivity contribution in [3.05, 3.63) is 30.3 Å². The Kier molecular flexibility index (Phi) is 4.65. The Hall–Kier alpha value is -0.500.